The molecule has 0 fully saturated rings. The summed E-state index contributed by atoms with van der Waals surface area (Å²) in [5.74, 6) is -0.0587. The largest absolute Gasteiger partial charge is 0.803 e. The molecule has 4 aromatic rings. The first-order valence-electron chi connectivity index (χ1n) is 9.06. The highest BCUT2D eigenvalue weighted by atomic mass is 16.5. The van der Waals surface area contributed by atoms with Gasteiger partial charge in [0.05, 0.1) is 5.69 Å². The molecule has 0 spiro atoms. The Morgan fingerprint density at radius 3 is 2.37 bits per heavy atom. The fraction of sp³-hybridized carbons (Fsp3) is 0.263. The minimum atomic E-state index is -0.471. The van der Waals surface area contributed by atoms with Crippen molar-refractivity contribution < 1.29 is 0 Å². The monoisotopic (exact) mass is 403 g/mol. The lowest BCUT2D eigenvalue weighted by Gasteiger charge is -2.16. The van der Waals surface area contributed by atoms with E-state index in [1.807, 2.05) is 32.9 Å². The summed E-state index contributed by atoms with van der Waals surface area (Å²) in [7, 11) is 0. The number of nitrogens with zero attached hydrogens (tertiary/aromatic N) is 9. The predicted octanol–water partition coefficient (Wildman–Crippen LogP) is 3.98. The maximum Gasteiger partial charge on any atom is 0.187 e. The molecule has 152 valence electrons. The Bertz CT molecular complexity index is 1310. The third-order valence-corrected chi connectivity index (χ3v) is 4.49. The van der Waals surface area contributed by atoms with Crippen LogP contribution >= 0.6 is 0 Å². The molecule has 3 heterocycles. The molecule has 0 atom stereocenters. The van der Waals surface area contributed by atoms with Crippen LogP contribution in [0.4, 0.5) is 11.5 Å². The number of aromatic nitrogens is 6. The SMILES string of the molecule is Cc1nn2nc(C(C)(C)C)c(N=Nc3c(C#N)c(-c4ccccc4)nn3[O-])c2n1[O-]. The van der Waals surface area contributed by atoms with Crippen LogP contribution in [0.2, 0.25) is 0 Å². The van der Waals surface area contributed by atoms with Crippen LogP contribution < -0.4 is 0 Å². The van der Waals surface area contributed by atoms with Gasteiger partial charge in [0.1, 0.15) is 23.2 Å². The predicted molar refractivity (Wildman–Crippen MR) is 108 cm³/mol. The topological polar surface area (TPSA) is 148 Å². The fourth-order valence-electron chi connectivity index (χ4n) is 3.04. The van der Waals surface area contributed by atoms with Crippen LogP contribution in [0.5, 0.6) is 0 Å². The second-order valence-electron chi connectivity index (χ2n) is 7.70. The first-order valence-corrected chi connectivity index (χ1v) is 9.06. The summed E-state index contributed by atoms with van der Waals surface area (Å²) in [6.45, 7) is 7.26. The van der Waals surface area contributed by atoms with Crippen LogP contribution in [0.15, 0.2) is 40.6 Å². The molecule has 4 rings (SSSR count). The van der Waals surface area contributed by atoms with Crippen molar-refractivity contribution in [1.29, 1.82) is 5.26 Å². The molecule has 0 aliphatic carbocycles. The first-order chi connectivity index (χ1) is 14.2. The molecular weight excluding hydrogens is 386 g/mol. The minimum Gasteiger partial charge on any atom is -0.803 e. The van der Waals surface area contributed by atoms with Crippen LogP contribution in [-0.2, 0) is 5.41 Å². The van der Waals surface area contributed by atoms with Crippen molar-refractivity contribution in [2.24, 2.45) is 10.2 Å². The quantitative estimate of drug-likeness (QED) is 0.472. The average molecular weight is 403 g/mol. The number of fused-ring (bicyclic) bond motifs is 1. The second kappa shape index (κ2) is 6.70. The molecule has 0 saturated carbocycles. The summed E-state index contributed by atoms with van der Waals surface area (Å²) in [6, 6.07) is 10.8. The number of benzene rings is 1. The van der Waals surface area contributed by atoms with Crippen molar-refractivity contribution in [2.45, 2.75) is 33.1 Å². The number of azo groups is 1. The summed E-state index contributed by atoms with van der Waals surface area (Å²) in [5.41, 5.74) is 1.11. The molecule has 0 radical (unpaired) electrons. The Balaban J connectivity index is 1.89. The van der Waals surface area contributed by atoms with Gasteiger partial charge in [0.2, 0.25) is 0 Å². The van der Waals surface area contributed by atoms with Crippen molar-refractivity contribution in [1.82, 2.24) is 29.5 Å². The molecule has 0 bridgehead atoms. The maximum absolute atomic E-state index is 12.4. The van der Waals surface area contributed by atoms with Crippen molar-refractivity contribution in [3.8, 4) is 17.3 Å². The minimum absolute atomic E-state index is 0.00696. The van der Waals surface area contributed by atoms with Gasteiger partial charge in [-0.15, -0.1) is 20.0 Å². The van der Waals surface area contributed by atoms with Gasteiger partial charge in [-0.25, -0.2) is 0 Å². The summed E-state index contributed by atoms with van der Waals surface area (Å²) >= 11 is 0. The van der Waals surface area contributed by atoms with Gasteiger partial charge in [0.25, 0.3) is 0 Å². The van der Waals surface area contributed by atoms with E-state index in [0.717, 1.165) is 0 Å². The highest BCUT2D eigenvalue weighted by Crippen LogP contribution is 2.37. The molecule has 0 amide bonds. The number of hydrogen-bond acceptors (Lipinski definition) is 8. The second-order valence-corrected chi connectivity index (χ2v) is 7.70. The van der Waals surface area contributed by atoms with E-state index in [2.05, 4.69) is 25.5 Å². The molecule has 30 heavy (non-hydrogen) atoms. The van der Waals surface area contributed by atoms with Crippen molar-refractivity contribution in [2.75, 3.05) is 0 Å². The molecular formula is C19H17N9O2-2. The Morgan fingerprint density at radius 1 is 1.03 bits per heavy atom. The Labute approximate surface area is 171 Å². The van der Waals surface area contributed by atoms with Crippen LogP contribution in [0.1, 0.15) is 37.9 Å². The van der Waals surface area contributed by atoms with Crippen LogP contribution in [0.3, 0.4) is 0 Å². The third-order valence-electron chi connectivity index (χ3n) is 4.49. The fourth-order valence-corrected chi connectivity index (χ4v) is 3.04. The van der Waals surface area contributed by atoms with Gasteiger partial charge in [-0.3, -0.25) is 4.85 Å². The molecule has 0 saturated heterocycles. The van der Waals surface area contributed by atoms with E-state index in [-0.39, 0.29) is 39.1 Å². The lowest BCUT2D eigenvalue weighted by atomic mass is 9.91. The van der Waals surface area contributed by atoms with Crippen molar-refractivity contribution >= 4 is 17.2 Å². The van der Waals surface area contributed by atoms with Crippen molar-refractivity contribution in [3.63, 3.8) is 0 Å². The van der Waals surface area contributed by atoms with Crippen LogP contribution in [0.25, 0.3) is 16.9 Å². The number of aryl methyl sites for hydroxylation is 1. The van der Waals surface area contributed by atoms with Gasteiger partial charge in [-0.1, -0.05) is 51.1 Å². The van der Waals surface area contributed by atoms with Gasteiger partial charge in [0.15, 0.2) is 17.2 Å². The summed E-state index contributed by atoms with van der Waals surface area (Å²) in [4.78, 5) is 0.252. The summed E-state index contributed by atoms with van der Waals surface area (Å²) < 4.78 is 1.80. The molecule has 11 heteroatoms. The van der Waals surface area contributed by atoms with E-state index >= 15 is 0 Å². The van der Waals surface area contributed by atoms with E-state index in [4.69, 9.17) is 0 Å². The molecule has 3 aromatic heterocycles. The zero-order chi connectivity index (χ0) is 21.6. The van der Waals surface area contributed by atoms with Gasteiger partial charge in [0, 0.05) is 11.0 Å². The van der Waals surface area contributed by atoms with Crippen molar-refractivity contribution in [3.05, 3.63) is 57.8 Å². The standard InChI is InChI=1S/C19H17N9O2/c1-11-23-27-18(26(11)29)15(16(25-27)19(2,3)4)21-22-17-13(10-20)14(24-28(17)30)12-8-6-5-7-9-12/h5-9H,1-4H3/q-2. The molecule has 11 nitrogen and oxygen atoms in total. The van der Waals surface area contributed by atoms with E-state index in [9.17, 15) is 15.7 Å². The smallest absolute Gasteiger partial charge is 0.187 e. The lowest BCUT2D eigenvalue weighted by Crippen LogP contribution is -2.12. The van der Waals surface area contributed by atoms with E-state index in [1.54, 1.807) is 31.2 Å². The average Bonchev–Trinajstić information content (AvgIpc) is 3.31. The Hall–Kier alpha value is -4.20. The molecule has 0 aliphatic heterocycles. The third kappa shape index (κ3) is 2.95. The summed E-state index contributed by atoms with van der Waals surface area (Å²) in [6.07, 6.45) is 0. The number of hydrogen-bond donors (Lipinski definition) is 0. The number of rotatable bonds is 3. The van der Waals surface area contributed by atoms with Gasteiger partial charge >= 0.3 is 0 Å². The van der Waals surface area contributed by atoms with E-state index < -0.39 is 5.41 Å². The normalized spacial score (nSPS) is 12.1. The van der Waals surface area contributed by atoms with Gasteiger partial charge < -0.3 is 15.1 Å². The Morgan fingerprint density at radius 2 is 1.73 bits per heavy atom. The Kier molecular flexibility index (Phi) is 4.27. The highest BCUT2D eigenvalue weighted by Gasteiger charge is 2.27. The van der Waals surface area contributed by atoms with E-state index in [1.165, 1.54) is 4.63 Å². The molecule has 0 aliphatic rings. The first kappa shape index (κ1) is 19.1. The zero-order valence-electron chi connectivity index (χ0n) is 16.7. The van der Waals surface area contributed by atoms with Gasteiger partial charge in [-0.2, -0.15) is 15.5 Å². The maximum atomic E-state index is 12.4. The summed E-state index contributed by atoms with van der Waals surface area (Å²) in [5, 5.41) is 54.9. The van der Waals surface area contributed by atoms with Crippen LogP contribution in [0, 0.1) is 28.7 Å². The highest BCUT2D eigenvalue weighted by molar-refractivity contribution is 5.73. The molecule has 1 aromatic carbocycles. The van der Waals surface area contributed by atoms with E-state index in [0.29, 0.717) is 16.0 Å². The van der Waals surface area contributed by atoms with Gasteiger partial charge in [-0.05, 0) is 6.92 Å². The molecule has 0 unspecified atom stereocenters. The van der Waals surface area contributed by atoms with Crippen LogP contribution in [-0.4, -0.2) is 29.5 Å². The number of nitriles is 1. The molecule has 0 N–H and O–H groups in total. The lowest BCUT2D eigenvalue weighted by molar-refractivity contribution is 0.557. The zero-order valence-corrected chi connectivity index (χ0v) is 16.7.